The number of para-hydroxylation sites is 2. The molecule has 1 aliphatic heterocycles. The molecule has 172 valence electrons. The molecule has 9 heteroatoms. The van der Waals surface area contributed by atoms with Crippen LogP contribution in [0.1, 0.15) is 38.1 Å². The zero-order valence-electron chi connectivity index (χ0n) is 19.7. The number of carbonyl (C=O) groups excluding carboxylic acids is 1. The second-order valence-electron chi connectivity index (χ2n) is 9.17. The highest BCUT2D eigenvalue weighted by Crippen LogP contribution is 2.33. The van der Waals surface area contributed by atoms with Crippen LogP contribution in [0, 0.1) is 0 Å². The Morgan fingerprint density at radius 1 is 1.12 bits per heavy atom. The Hall–Kier alpha value is -3.46. The van der Waals surface area contributed by atoms with Crippen LogP contribution < -0.4 is 20.9 Å². The van der Waals surface area contributed by atoms with Gasteiger partial charge in [-0.05, 0) is 39.8 Å². The smallest absolute Gasteiger partial charge is 0.257 e. The van der Waals surface area contributed by atoms with E-state index in [1.165, 1.54) is 0 Å². The van der Waals surface area contributed by atoms with E-state index in [2.05, 4.69) is 34.7 Å². The molecule has 4 aromatic rings. The molecule has 0 saturated carbocycles. The van der Waals surface area contributed by atoms with E-state index in [1.54, 1.807) is 0 Å². The molecule has 1 amide bonds. The van der Waals surface area contributed by atoms with E-state index in [9.17, 15) is 4.79 Å². The van der Waals surface area contributed by atoms with Crippen molar-refractivity contribution in [3.8, 4) is 0 Å². The van der Waals surface area contributed by atoms with E-state index in [-0.39, 0.29) is 11.9 Å². The largest absolute Gasteiger partial charge is 0.387 e. The molecule has 33 heavy (non-hydrogen) atoms. The molecular weight excluding hydrogens is 416 g/mol. The molecule has 4 heterocycles. The van der Waals surface area contributed by atoms with Gasteiger partial charge in [0.15, 0.2) is 11.3 Å². The van der Waals surface area contributed by atoms with Gasteiger partial charge in [-0.2, -0.15) is 4.98 Å². The van der Waals surface area contributed by atoms with Crippen molar-refractivity contribution < 1.29 is 4.79 Å². The minimum absolute atomic E-state index is 0.00218. The molecular formula is C24H30N8O. The fourth-order valence-electron chi connectivity index (χ4n) is 4.82. The SMILES string of the molecule is CNc1c(C(=O)NC(C)C)c2nc3ccccc3n2c2nc(N3C[C@@H](C)N[C@@H](C)C3)ncc12. The summed E-state index contributed by atoms with van der Waals surface area (Å²) in [6.07, 6.45) is 1.82. The first-order valence-electron chi connectivity index (χ1n) is 11.5. The van der Waals surface area contributed by atoms with Crippen LogP contribution in [0.4, 0.5) is 11.6 Å². The van der Waals surface area contributed by atoms with Gasteiger partial charge in [-0.25, -0.2) is 9.97 Å². The van der Waals surface area contributed by atoms with Gasteiger partial charge in [0.2, 0.25) is 5.95 Å². The van der Waals surface area contributed by atoms with Gasteiger partial charge in [0.25, 0.3) is 5.91 Å². The molecule has 0 spiro atoms. The average molecular weight is 447 g/mol. The maximum Gasteiger partial charge on any atom is 0.257 e. The normalized spacial score (nSPS) is 19.0. The van der Waals surface area contributed by atoms with Crippen molar-refractivity contribution in [3.05, 3.63) is 36.0 Å². The summed E-state index contributed by atoms with van der Waals surface area (Å²) >= 11 is 0. The minimum atomic E-state index is -0.176. The van der Waals surface area contributed by atoms with Gasteiger partial charge in [-0.1, -0.05) is 12.1 Å². The summed E-state index contributed by atoms with van der Waals surface area (Å²) in [5.74, 6) is 0.508. The summed E-state index contributed by atoms with van der Waals surface area (Å²) < 4.78 is 1.99. The Balaban J connectivity index is 1.82. The van der Waals surface area contributed by atoms with Crippen molar-refractivity contribution >= 4 is 45.3 Å². The van der Waals surface area contributed by atoms with Crippen LogP contribution in [0.5, 0.6) is 0 Å². The number of benzene rings is 1. The number of anilines is 2. The summed E-state index contributed by atoms with van der Waals surface area (Å²) in [4.78, 5) is 30.1. The first-order chi connectivity index (χ1) is 15.9. The van der Waals surface area contributed by atoms with Crippen LogP contribution in [0.25, 0.3) is 27.7 Å². The number of imidazole rings is 1. The summed E-state index contributed by atoms with van der Waals surface area (Å²) in [7, 11) is 1.81. The lowest BCUT2D eigenvalue weighted by molar-refractivity contribution is 0.0945. The third kappa shape index (κ3) is 3.62. The van der Waals surface area contributed by atoms with E-state index < -0.39 is 0 Å². The van der Waals surface area contributed by atoms with Crippen molar-refractivity contribution in [2.45, 2.75) is 45.8 Å². The van der Waals surface area contributed by atoms with Crippen molar-refractivity contribution in [1.82, 2.24) is 30.0 Å². The Labute approximate surface area is 192 Å². The topological polar surface area (TPSA) is 99.5 Å². The van der Waals surface area contributed by atoms with Gasteiger partial charge in [-0.15, -0.1) is 0 Å². The zero-order valence-corrected chi connectivity index (χ0v) is 19.7. The molecule has 0 radical (unpaired) electrons. The van der Waals surface area contributed by atoms with Crippen molar-refractivity contribution in [2.24, 2.45) is 0 Å². The molecule has 0 bridgehead atoms. The predicted molar refractivity (Wildman–Crippen MR) is 132 cm³/mol. The van der Waals surface area contributed by atoms with Crippen LogP contribution in [0.3, 0.4) is 0 Å². The number of rotatable bonds is 4. The molecule has 0 unspecified atom stereocenters. The quantitative estimate of drug-likeness (QED) is 0.443. The Bertz CT molecular complexity index is 1350. The molecule has 3 N–H and O–H groups in total. The number of pyridine rings is 1. The summed E-state index contributed by atoms with van der Waals surface area (Å²) in [6, 6.07) is 8.58. The van der Waals surface area contributed by atoms with Gasteiger partial charge in [0.1, 0.15) is 5.56 Å². The van der Waals surface area contributed by atoms with E-state index in [1.807, 2.05) is 55.8 Å². The molecule has 1 fully saturated rings. The van der Waals surface area contributed by atoms with Crippen LogP contribution >= 0.6 is 0 Å². The monoisotopic (exact) mass is 446 g/mol. The Morgan fingerprint density at radius 2 is 1.85 bits per heavy atom. The first-order valence-corrected chi connectivity index (χ1v) is 11.5. The molecule has 3 aromatic heterocycles. The molecule has 1 aliphatic rings. The van der Waals surface area contributed by atoms with E-state index in [0.29, 0.717) is 34.9 Å². The number of piperazine rings is 1. The molecule has 5 rings (SSSR count). The number of hydrogen-bond donors (Lipinski definition) is 3. The van der Waals surface area contributed by atoms with Crippen molar-refractivity contribution in [1.29, 1.82) is 0 Å². The lowest BCUT2D eigenvalue weighted by Crippen LogP contribution is -2.54. The van der Waals surface area contributed by atoms with Crippen LogP contribution in [-0.4, -0.2) is 63.5 Å². The molecule has 9 nitrogen and oxygen atoms in total. The Kier molecular flexibility index (Phi) is 5.28. The number of aromatic nitrogens is 4. The molecule has 1 saturated heterocycles. The number of hydrogen-bond acceptors (Lipinski definition) is 7. The Morgan fingerprint density at radius 3 is 2.55 bits per heavy atom. The zero-order chi connectivity index (χ0) is 23.3. The second kappa shape index (κ2) is 8.15. The first kappa shape index (κ1) is 21.4. The summed E-state index contributed by atoms with van der Waals surface area (Å²) in [5.41, 5.74) is 4.21. The van der Waals surface area contributed by atoms with Crippen molar-refractivity contribution in [3.63, 3.8) is 0 Å². The van der Waals surface area contributed by atoms with Crippen LogP contribution in [0.2, 0.25) is 0 Å². The second-order valence-corrected chi connectivity index (χ2v) is 9.17. The molecule has 1 aromatic carbocycles. The van der Waals surface area contributed by atoms with Gasteiger partial charge < -0.3 is 20.9 Å². The third-order valence-corrected chi connectivity index (χ3v) is 6.01. The van der Waals surface area contributed by atoms with E-state index >= 15 is 0 Å². The summed E-state index contributed by atoms with van der Waals surface area (Å²) in [5, 5.41) is 10.6. The number of carbonyl (C=O) groups is 1. The third-order valence-electron chi connectivity index (χ3n) is 6.01. The standard InChI is InChI=1S/C24H30N8O/c1-13(2)27-23(33)19-20(25-5)16-10-26-24(31-11-14(3)28-15(4)12-31)30-21(16)32-18-9-7-6-8-17(18)29-22(19)32/h6-10,13-15,25,28H,11-12H2,1-5H3,(H,27,33)/t14-,15+. The lowest BCUT2D eigenvalue weighted by Gasteiger charge is -2.36. The highest BCUT2D eigenvalue weighted by Gasteiger charge is 2.27. The van der Waals surface area contributed by atoms with Crippen molar-refractivity contribution in [2.75, 3.05) is 30.4 Å². The maximum absolute atomic E-state index is 13.3. The van der Waals surface area contributed by atoms with Crippen LogP contribution in [0.15, 0.2) is 30.5 Å². The molecule has 0 aliphatic carbocycles. The van der Waals surface area contributed by atoms with E-state index in [4.69, 9.17) is 15.0 Å². The van der Waals surface area contributed by atoms with Gasteiger partial charge in [0, 0.05) is 44.5 Å². The predicted octanol–water partition coefficient (Wildman–Crippen LogP) is 2.80. The van der Waals surface area contributed by atoms with E-state index in [0.717, 1.165) is 35.2 Å². The van der Waals surface area contributed by atoms with Gasteiger partial charge in [-0.3, -0.25) is 9.20 Å². The number of nitrogens with one attached hydrogen (secondary N) is 3. The number of nitrogens with zero attached hydrogens (tertiary/aromatic N) is 5. The highest BCUT2D eigenvalue weighted by atomic mass is 16.1. The minimum Gasteiger partial charge on any atom is -0.387 e. The fourth-order valence-corrected chi connectivity index (χ4v) is 4.82. The molecule has 2 atom stereocenters. The van der Waals surface area contributed by atoms with Gasteiger partial charge >= 0.3 is 0 Å². The van der Waals surface area contributed by atoms with Crippen LogP contribution in [-0.2, 0) is 0 Å². The summed E-state index contributed by atoms with van der Waals surface area (Å²) in [6.45, 7) is 9.90. The average Bonchev–Trinajstić information content (AvgIpc) is 3.16. The maximum atomic E-state index is 13.3. The van der Waals surface area contributed by atoms with Gasteiger partial charge in [0.05, 0.1) is 22.1 Å². The number of amides is 1. The fraction of sp³-hybridized carbons (Fsp3) is 0.417. The number of fused-ring (bicyclic) bond motifs is 5. The highest BCUT2D eigenvalue weighted by molar-refractivity contribution is 6.13. The lowest BCUT2D eigenvalue weighted by atomic mass is 10.1.